The average Bonchev–Trinajstić information content (AvgIpc) is 2.17. The van der Waals surface area contributed by atoms with Crippen molar-refractivity contribution in [1.29, 1.82) is 0 Å². The fourth-order valence-electron chi connectivity index (χ4n) is 0.899. The van der Waals surface area contributed by atoms with Gasteiger partial charge in [0.2, 0.25) is 6.08 Å². The topological polar surface area (TPSA) is 38.7 Å². The molecule has 1 unspecified atom stereocenters. The summed E-state index contributed by atoms with van der Waals surface area (Å²) in [6.45, 7) is 2.08. The third-order valence-electron chi connectivity index (χ3n) is 1.59. The molecule has 0 aromatic heterocycles. The zero-order valence-electron chi connectivity index (χ0n) is 7.74. The predicted octanol–water partition coefficient (Wildman–Crippen LogP) is 2.44. The van der Waals surface area contributed by atoms with Crippen molar-refractivity contribution < 1.29 is 9.53 Å². The molecule has 14 heavy (non-hydrogen) atoms. The first-order valence-electron chi connectivity index (χ1n) is 4.18. The van der Waals surface area contributed by atoms with E-state index in [1.165, 1.54) is 6.08 Å². The van der Waals surface area contributed by atoms with Crippen molar-refractivity contribution in [1.82, 2.24) is 0 Å². The Morgan fingerprint density at radius 1 is 1.57 bits per heavy atom. The molecular weight excluding hydrogens is 202 g/mol. The molecule has 0 N–H and O–H groups in total. The van der Waals surface area contributed by atoms with E-state index < -0.39 is 0 Å². The number of ether oxygens (including phenoxy) is 1. The Kier molecular flexibility index (Phi) is 4.17. The Labute approximate surface area is 87.4 Å². The van der Waals surface area contributed by atoms with Crippen LogP contribution >= 0.6 is 11.6 Å². The molecule has 3 nitrogen and oxygen atoms in total. The van der Waals surface area contributed by atoms with E-state index in [1.54, 1.807) is 19.1 Å². The maximum Gasteiger partial charge on any atom is 0.235 e. The number of hydrogen-bond acceptors (Lipinski definition) is 3. The van der Waals surface area contributed by atoms with Crippen molar-refractivity contribution in [2.75, 3.05) is 6.61 Å². The standard InChI is InChI=1S/C10H10ClNO2/c1-8(12-7-13)6-14-10-5-3-2-4-9(10)11/h2-5,8H,6H2,1H3. The lowest BCUT2D eigenvalue weighted by Gasteiger charge is -2.08. The van der Waals surface area contributed by atoms with Gasteiger partial charge in [-0.05, 0) is 19.1 Å². The van der Waals surface area contributed by atoms with Gasteiger partial charge in [0.1, 0.15) is 12.4 Å². The molecule has 1 rings (SSSR count). The van der Waals surface area contributed by atoms with Gasteiger partial charge in [-0.1, -0.05) is 23.7 Å². The molecule has 74 valence electrons. The van der Waals surface area contributed by atoms with E-state index in [2.05, 4.69) is 4.99 Å². The number of rotatable bonds is 4. The van der Waals surface area contributed by atoms with Gasteiger partial charge >= 0.3 is 0 Å². The van der Waals surface area contributed by atoms with Crippen LogP contribution in [0.25, 0.3) is 0 Å². The lowest BCUT2D eigenvalue weighted by Crippen LogP contribution is -2.11. The maximum atomic E-state index is 9.92. The Hall–Kier alpha value is -1.31. The molecule has 0 aliphatic carbocycles. The Morgan fingerprint density at radius 3 is 2.93 bits per heavy atom. The molecule has 0 radical (unpaired) electrons. The minimum atomic E-state index is -0.205. The highest BCUT2D eigenvalue weighted by molar-refractivity contribution is 6.32. The molecule has 1 aromatic carbocycles. The van der Waals surface area contributed by atoms with E-state index in [0.717, 1.165) is 0 Å². The van der Waals surface area contributed by atoms with E-state index in [9.17, 15) is 4.79 Å². The number of carbonyl (C=O) groups excluding carboxylic acids is 1. The van der Waals surface area contributed by atoms with Crippen LogP contribution in [0.1, 0.15) is 6.92 Å². The van der Waals surface area contributed by atoms with Gasteiger partial charge in [0.25, 0.3) is 0 Å². The number of aliphatic imine (C=N–C) groups is 1. The number of benzene rings is 1. The zero-order chi connectivity index (χ0) is 10.4. The molecule has 4 heteroatoms. The summed E-state index contributed by atoms with van der Waals surface area (Å²) >= 11 is 5.85. The van der Waals surface area contributed by atoms with Crippen molar-refractivity contribution in [3.05, 3.63) is 29.3 Å². The summed E-state index contributed by atoms with van der Waals surface area (Å²) in [7, 11) is 0. The van der Waals surface area contributed by atoms with Gasteiger partial charge in [0, 0.05) is 0 Å². The van der Waals surface area contributed by atoms with Gasteiger partial charge in [0.15, 0.2) is 0 Å². The second-order valence-electron chi connectivity index (χ2n) is 2.81. The first kappa shape index (κ1) is 10.8. The molecule has 1 aromatic rings. The van der Waals surface area contributed by atoms with E-state index in [1.807, 2.05) is 12.1 Å². The summed E-state index contributed by atoms with van der Waals surface area (Å²) in [5.74, 6) is 0.599. The second-order valence-corrected chi connectivity index (χ2v) is 3.22. The SMILES string of the molecule is CC(COc1ccccc1Cl)N=C=O. The summed E-state index contributed by atoms with van der Waals surface area (Å²) in [5, 5.41) is 0.551. The number of isocyanates is 1. The summed E-state index contributed by atoms with van der Waals surface area (Å²) in [4.78, 5) is 13.4. The molecule has 0 saturated carbocycles. The van der Waals surface area contributed by atoms with Crippen LogP contribution < -0.4 is 4.74 Å². The van der Waals surface area contributed by atoms with Crippen molar-refractivity contribution in [3.63, 3.8) is 0 Å². The van der Waals surface area contributed by atoms with Gasteiger partial charge in [-0.3, -0.25) is 0 Å². The van der Waals surface area contributed by atoms with Crippen LogP contribution in [-0.4, -0.2) is 18.7 Å². The molecule has 1 atom stereocenters. The maximum absolute atomic E-state index is 9.92. The average molecular weight is 212 g/mol. The van der Waals surface area contributed by atoms with Gasteiger partial charge in [-0.25, -0.2) is 4.79 Å². The third-order valence-corrected chi connectivity index (χ3v) is 1.90. The van der Waals surface area contributed by atoms with E-state index in [0.29, 0.717) is 17.4 Å². The van der Waals surface area contributed by atoms with Gasteiger partial charge in [-0.15, -0.1) is 0 Å². The molecule has 0 saturated heterocycles. The lowest BCUT2D eigenvalue weighted by atomic mass is 10.3. The lowest BCUT2D eigenvalue weighted by molar-refractivity contribution is 0.297. The van der Waals surface area contributed by atoms with Crippen LogP contribution in [0.15, 0.2) is 29.3 Å². The van der Waals surface area contributed by atoms with Crippen LogP contribution in [0.5, 0.6) is 5.75 Å². The fourth-order valence-corrected chi connectivity index (χ4v) is 1.09. The van der Waals surface area contributed by atoms with Crippen molar-refractivity contribution in [2.24, 2.45) is 4.99 Å². The van der Waals surface area contributed by atoms with E-state index in [-0.39, 0.29) is 6.04 Å². The first-order valence-corrected chi connectivity index (χ1v) is 4.56. The molecule has 0 amide bonds. The van der Waals surface area contributed by atoms with Crippen LogP contribution in [0.2, 0.25) is 5.02 Å². The summed E-state index contributed by atoms with van der Waals surface area (Å²) in [6, 6.07) is 6.95. The molecular formula is C10H10ClNO2. The zero-order valence-corrected chi connectivity index (χ0v) is 8.49. The van der Waals surface area contributed by atoms with Crippen LogP contribution in [0, 0.1) is 0 Å². The van der Waals surface area contributed by atoms with Crippen molar-refractivity contribution >= 4 is 17.7 Å². The number of halogens is 1. The van der Waals surface area contributed by atoms with E-state index >= 15 is 0 Å². The number of hydrogen-bond donors (Lipinski definition) is 0. The largest absolute Gasteiger partial charge is 0.490 e. The van der Waals surface area contributed by atoms with E-state index in [4.69, 9.17) is 16.3 Å². The van der Waals surface area contributed by atoms with Crippen LogP contribution in [-0.2, 0) is 4.79 Å². The van der Waals surface area contributed by atoms with Crippen molar-refractivity contribution in [2.45, 2.75) is 13.0 Å². The smallest absolute Gasteiger partial charge is 0.235 e. The Bertz CT molecular complexity index is 348. The Morgan fingerprint density at radius 2 is 2.29 bits per heavy atom. The summed E-state index contributed by atoms with van der Waals surface area (Å²) in [6.07, 6.45) is 1.48. The van der Waals surface area contributed by atoms with Gasteiger partial charge < -0.3 is 4.74 Å². The molecule has 0 spiro atoms. The molecule has 0 aliphatic heterocycles. The first-order chi connectivity index (χ1) is 6.74. The fraction of sp³-hybridized carbons (Fsp3) is 0.300. The summed E-state index contributed by atoms with van der Waals surface area (Å²) < 4.78 is 5.35. The Balaban J connectivity index is 2.53. The minimum Gasteiger partial charge on any atom is -0.490 e. The minimum absolute atomic E-state index is 0.205. The second kappa shape index (κ2) is 5.43. The predicted molar refractivity (Wildman–Crippen MR) is 54.5 cm³/mol. The molecule has 0 heterocycles. The number of para-hydroxylation sites is 1. The highest BCUT2D eigenvalue weighted by Crippen LogP contribution is 2.23. The van der Waals surface area contributed by atoms with Crippen molar-refractivity contribution in [3.8, 4) is 5.75 Å². The highest BCUT2D eigenvalue weighted by atomic mass is 35.5. The highest BCUT2D eigenvalue weighted by Gasteiger charge is 2.03. The summed E-state index contributed by atoms with van der Waals surface area (Å²) in [5.41, 5.74) is 0. The quantitative estimate of drug-likeness (QED) is 0.567. The molecule has 0 bridgehead atoms. The van der Waals surface area contributed by atoms with Gasteiger partial charge in [-0.2, -0.15) is 4.99 Å². The van der Waals surface area contributed by atoms with Gasteiger partial charge in [0.05, 0.1) is 11.1 Å². The molecule has 0 fully saturated rings. The monoisotopic (exact) mass is 211 g/mol. The van der Waals surface area contributed by atoms with Crippen LogP contribution in [0.3, 0.4) is 0 Å². The third kappa shape index (κ3) is 3.21. The molecule has 0 aliphatic rings. The normalized spacial score (nSPS) is 11.6. The van der Waals surface area contributed by atoms with Crippen LogP contribution in [0.4, 0.5) is 0 Å². The number of nitrogens with zero attached hydrogens (tertiary/aromatic N) is 1.